The van der Waals surface area contributed by atoms with Gasteiger partial charge in [0.2, 0.25) is 0 Å². The van der Waals surface area contributed by atoms with E-state index in [4.69, 9.17) is 0 Å². The van der Waals surface area contributed by atoms with Gasteiger partial charge in [-0.2, -0.15) is 0 Å². The molecular formula is C9H12BrNO. The van der Waals surface area contributed by atoms with Gasteiger partial charge in [0.15, 0.2) is 0 Å². The Balaban J connectivity index is 2.82. The van der Waals surface area contributed by atoms with Crippen molar-refractivity contribution in [2.75, 3.05) is 0 Å². The molecule has 0 aliphatic heterocycles. The van der Waals surface area contributed by atoms with Crippen LogP contribution in [0.15, 0.2) is 22.9 Å². The van der Waals surface area contributed by atoms with Crippen LogP contribution < -0.4 is 0 Å². The van der Waals surface area contributed by atoms with Gasteiger partial charge < -0.3 is 5.11 Å². The van der Waals surface area contributed by atoms with Gasteiger partial charge in [-0.25, -0.2) is 4.98 Å². The van der Waals surface area contributed by atoms with Crippen molar-refractivity contribution >= 4 is 15.9 Å². The molecule has 2 nitrogen and oxygen atoms in total. The number of aliphatic hydroxyl groups is 1. The summed E-state index contributed by atoms with van der Waals surface area (Å²) in [5.74, 6) is 0.230. The number of nitrogens with zero attached hydrogens (tertiary/aromatic N) is 1. The summed E-state index contributed by atoms with van der Waals surface area (Å²) in [6.45, 7) is 3.96. The Morgan fingerprint density at radius 2 is 2.08 bits per heavy atom. The van der Waals surface area contributed by atoms with Crippen LogP contribution in [0.2, 0.25) is 0 Å². The van der Waals surface area contributed by atoms with Crippen molar-refractivity contribution in [3.8, 4) is 0 Å². The van der Waals surface area contributed by atoms with Crippen LogP contribution in [0.1, 0.15) is 25.5 Å². The monoisotopic (exact) mass is 229 g/mol. The molecule has 1 atom stereocenters. The fourth-order valence-electron chi connectivity index (χ4n) is 0.947. The first-order valence-electron chi connectivity index (χ1n) is 3.91. The molecule has 1 aromatic heterocycles. The molecule has 0 saturated heterocycles. The molecule has 1 unspecified atom stereocenters. The quantitative estimate of drug-likeness (QED) is 0.792. The van der Waals surface area contributed by atoms with Crippen molar-refractivity contribution in [1.29, 1.82) is 0 Å². The molecule has 1 heterocycles. The van der Waals surface area contributed by atoms with Crippen molar-refractivity contribution in [2.24, 2.45) is 5.92 Å². The molecule has 0 aliphatic carbocycles. The molecule has 66 valence electrons. The summed E-state index contributed by atoms with van der Waals surface area (Å²) in [5.41, 5.74) is 0.869. The highest BCUT2D eigenvalue weighted by Crippen LogP contribution is 2.21. The van der Waals surface area contributed by atoms with Gasteiger partial charge in [0, 0.05) is 6.20 Å². The van der Waals surface area contributed by atoms with Crippen LogP contribution in [0.4, 0.5) is 0 Å². The normalized spacial score (nSPS) is 13.4. The molecule has 0 saturated carbocycles. The third kappa shape index (κ3) is 2.29. The molecule has 0 aliphatic rings. The highest BCUT2D eigenvalue weighted by molar-refractivity contribution is 9.10. The van der Waals surface area contributed by atoms with E-state index in [-0.39, 0.29) is 5.92 Å². The summed E-state index contributed by atoms with van der Waals surface area (Å²) in [6, 6.07) is 3.71. The third-order valence-corrected chi connectivity index (χ3v) is 2.19. The van der Waals surface area contributed by atoms with Crippen LogP contribution in [0, 0.1) is 5.92 Å². The fraction of sp³-hybridized carbons (Fsp3) is 0.444. The van der Waals surface area contributed by atoms with Gasteiger partial charge in [-0.1, -0.05) is 19.9 Å². The zero-order chi connectivity index (χ0) is 9.14. The average Bonchev–Trinajstić information content (AvgIpc) is 2.04. The van der Waals surface area contributed by atoms with Gasteiger partial charge in [0.25, 0.3) is 0 Å². The Morgan fingerprint density at radius 1 is 1.42 bits per heavy atom. The van der Waals surface area contributed by atoms with E-state index in [1.807, 2.05) is 26.0 Å². The topological polar surface area (TPSA) is 33.1 Å². The molecule has 0 fully saturated rings. The molecular weight excluding hydrogens is 218 g/mol. The van der Waals surface area contributed by atoms with Crippen LogP contribution in [-0.2, 0) is 0 Å². The third-order valence-electron chi connectivity index (χ3n) is 1.72. The smallest absolute Gasteiger partial charge is 0.106 e. The molecule has 12 heavy (non-hydrogen) atoms. The van der Waals surface area contributed by atoms with E-state index >= 15 is 0 Å². The average molecular weight is 230 g/mol. The second kappa shape index (κ2) is 4.01. The second-order valence-electron chi connectivity index (χ2n) is 3.10. The van der Waals surface area contributed by atoms with Crippen LogP contribution in [0.25, 0.3) is 0 Å². The lowest BCUT2D eigenvalue weighted by Crippen LogP contribution is -2.05. The lowest BCUT2D eigenvalue weighted by atomic mass is 10.0. The number of pyridine rings is 1. The predicted octanol–water partition coefficient (Wildman–Crippen LogP) is 2.53. The minimum atomic E-state index is -0.411. The summed E-state index contributed by atoms with van der Waals surface area (Å²) in [4.78, 5) is 4.04. The predicted molar refractivity (Wildman–Crippen MR) is 51.7 cm³/mol. The highest BCUT2D eigenvalue weighted by Gasteiger charge is 2.11. The first-order chi connectivity index (χ1) is 5.61. The minimum Gasteiger partial charge on any atom is -0.388 e. The maximum Gasteiger partial charge on any atom is 0.106 e. The molecule has 0 radical (unpaired) electrons. The Morgan fingerprint density at radius 3 is 2.50 bits per heavy atom. The van der Waals surface area contributed by atoms with Crippen molar-refractivity contribution in [3.05, 3.63) is 28.5 Å². The van der Waals surface area contributed by atoms with Gasteiger partial charge in [0.1, 0.15) is 4.60 Å². The van der Waals surface area contributed by atoms with E-state index in [0.29, 0.717) is 0 Å². The highest BCUT2D eigenvalue weighted by atomic mass is 79.9. The Labute approximate surface area is 80.8 Å². The fourth-order valence-corrected chi connectivity index (χ4v) is 1.18. The van der Waals surface area contributed by atoms with Crippen LogP contribution in [-0.4, -0.2) is 10.1 Å². The number of halogens is 1. The Bertz CT molecular complexity index is 245. The van der Waals surface area contributed by atoms with Crippen molar-refractivity contribution in [3.63, 3.8) is 0 Å². The van der Waals surface area contributed by atoms with Crippen molar-refractivity contribution < 1.29 is 5.11 Å². The van der Waals surface area contributed by atoms with E-state index in [0.717, 1.165) is 10.2 Å². The zero-order valence-electron chi connectivity index (χ0n) is 7.16. The number of aromatic nitrogens is 1. The summed E-state index contributed by atoms with van der Waals surface area (Å²) in [7, 11) is 0. The van der Waals surface area contributed by atoms with Crippen LogP contribution in [0.3, 0.4) is 0 Å². The molecule has 0 amide bonds. The number of rotatable bonds is 2. The number of hydrogen-bond acceptors (Lipinski definition) is 2. The van der Waals surface area contributed by atoms with Crippen molar-refractivity contribution in [1.82, 2.24) is 4.98 Å². The lowest BCUT2D eigenvalue weighted by molar-refractivity contribution is 0.126. The second-order valence-corrected chi connectivity index (χ2v) is 3.92. The molecule has 0 bridgehead atoms. The SMILES string of the molecule is CC(C)C(O)c1ccc(Br)nc1. The molecule has 1 N–H and O–H groups in total. The van der Waals surface area contributed by atoms with Gasteiger partial charge in [0.05, 0.1) is 6.10 Å². The van der Waals surface area contributed by atoms with E-state index < -0.39 is 6.10 Å². The summed E-state index contributed by atoms with van der Waals surface area (Å²) < 4.78 is 0.794. The lowest BCUT2D eigenvalue weighted by Gasteiger charge is -2.13. The van der Waals surface area contributed by atoms with E-state index in [9.17, 15) is 5.11 Å². The Kier molecular flexibility index (Phi) is 3.23. The molecule has 1 aromatic rings. The molecule has 0 spiro atoms. The maximum absolute atomic E-state index is 9.63. The summed E-state index contributed by atoms with van der Waals surface area (Å²) in [6.07, 6.45) is 1.28. The first-order valence-corrected chi connectivity index (χ1v) is 4.70. The molecule has 1 rings (SSSR count). The number of hydrogen-bond donors (Lipinski definition) is 1. The van der Waals surface area contributed by atoms with Crippen molar-refractivity contribution in [2.45, 2.75) is 20.0 Å². The summed E-state index contributed by atoms with van der Waals surface area (Å²) in [5, 5.41) is 9.63. The first kappa shape index (κ1) is 9.68. The zero-order valence-corrected chi connectivity index (χ0v) is 8.75. The van der Waals surface area contributed by atoms with Gasteiger partial charge in [-0.15, -0.1) is 0 Å². The van der Waals surface area contributed by atoms with E-state index in [1.165, 1.54) is 0 Å². The van der Waals surface area contributed by atoms with Crippen LogP contribution >= 0.6 is 15.9 Å². The molecule has 3 heteroatoms. The van der Waals surface area contributed by atoms with Gasteiger partial charge in [-0.05, 0) is 33.5 Å². The van der Waals surface area contributed by atoms with E-state index in [1.54, 1.807) is 6.20 Å². The van der Waals surface area contributed by atoms with Gasteiger partial charge in [-0.3, -0.25) is 0 Å². The Hall–Kier alpha value is -0.410. The molecule has 0 aromatic carbocycles. The van der Waals surface area contributed by atoms with Gasteiger partial charge >= 0.3 is 0 Å². The maximum atomic E-state index is 9.63. The largest absolute Gasteiger partial charge is 0.388 e. The van der Waals surface area contributed by atoms with E-state index in [2.05, 4.69) is 20.9 Å². The standard InChI is InChI=1S/C9H12BrNO/c1-6(2)9(12)7-3-4-8(10)11-5-7/h3-6,9,12H,1-2H3. The number of aliphatic hydroxyl groups excluding tert-OH is 1. The minimum absolute atomic E-state index is 0.230. The summed E-state index contributed by atoms with van der Waals surface area (Å²) >= 11 is 3.24. The van der Waals surface area contributed by atoms with Crippen LogP contribution in [0.5, 0.6) is 0 Å².